The lowest BCUT2D eigenvalue weighted by atomic mass is 9.78. The minimum Gasteiger partial charge on any atom is -0.423 e. The van der Waals surface area contributed by atoms with Crippen molar-refractivity contribution in [2.24, 2.45) is 0 Å². The summed E-state index contributed by atoms with van der Waals surface area (Å²) < 4.78 is 4.85. The molecule has 0 saturated heterocycles. The number of anilines is 1. The normalized spacial score (nSPS) is 9.57. The van der Waals surface area contributed by atoms with Crippen LogP contribution in [0.25, 0.3) is 0 Å². The molecule has 74 valence electrons. The molecule has 0 radical (unpaired) electrons. The van der Waals surface area contributed by atoms with Gasteiger partial charge >= 0.3 is 7.12 Å². The van der Waals surface area contributed by atoms with Crippen molar-refractivity contribution in [3.8, 4) is 0 Å². The average Bonchev–Trinajstić information content (AvgIpc) is 2.25. The van der Waals surface area contributed by atoms with Crippen LogP contribution in [0.2, 0.25) is 0 Å². The van der Waals surface area contributed by atoms with Crippen molar-refractivity contribution >= 4 is 18.3 Å². The molecule has 0 saturated carbocycles. The van der Waals surface area contributed by atoms with E-state index in [1.54, 1.807) is 6.08 Å². The molecular weight excluding hydrogens is 177 g/mol. The van der Waals surface area contributed by atoms with Crippen LogP contribution in [0.4, 0.5) is 5.69 Å². The van der Waals surface area contributed by atoms with Crippen molar-refractivity contribution in [3.63, 3.8) is 0 Å². The molecule has 0 heterocycles. The highest BCUT2D eigenvalue weighted by Crippen LogP contribution is 2.03. The molecule has 0 spiro atoms. The Morgan fingerprint density at radius 1 is 1.57 bits per heavy atom. The molecule has 1 aromatic rings. The predicted molar refractivity (Wildman–Crippen MR) is 59.7 cm³/mol. The van der Waals surface area contributed by atoms with Crippen LogP contribution >= 0.6 is 0 Å². The van der Waals surface area contributed by atoms with Gasteiger partial charge in [0.15, 0.2) is 0 Å². The van der Waals surface area contributed by atoms with Crippen molar-refractivity contribution in [3.05, 3.63) is 36.9 Å². The molecule has 0 atom stereocenters. The quantitative estimate of drug-likeness (QED) is 0.529. The molecule has 14 heavy (non-hydrogen) atoms. The van der Waals surface area contributed by atoms with Crippen LogP contribution in [0.15, 0.2) is 36.9 Å². The Hall–Kier alpha value is -1.26. The zero-order chi connectivity index (χ0) is 10.4. The van der Waals surface area contributed by atoms with Crippen molar-refractivity contribution in [2.45, 2.75) is 0 Å². The summed E-state index contributed by atoms with van der Waals surface area (Å²) in [5, 5.41) is 12.6. The summed E-state index contributed by atoms with van der Waals surface area (Å²) in [6.45, 7) is 4.27. The Morgan fingerprint density at radius 3 is 2.93 bits per heavy atom. The molecule has 0 aliphatic rings. The van der Waals surface area contributed by atoms with E-state index in [1.807, 2.05) is 24.3 Å². The zero-order valence-corrected chi connectivity index (χ0v) is 8.23. The van der Waals surface area contributed by atoms with Crippen molar-refractivity contribution in [1.29, 1.82) is 0 Å². The maximum atomic E-state index is 9.52. The van der Waals surface area contributed by atoms with Crippen molar-refractivity contribution < 1.29 is 9.68 Å². The monoisotopic (exact) mass is 191 g/mol. The molecule has 1 aromatic carbocycles. The van der Waals surface area contributed by atoms with E-state index in [9.17, 15) is 5.02 Å². The Labute approximate surface area is 84.6 Å². The van der Waals surface area contributed by atoms with Gasteiger partial charge < -0.3 is 15.0 Å². The third-order valence-corrected chi connectivity index (χ3v) is 1.89. The van der Waals surface area contributed by atoms with Crippen molar-refractivity contribution in [1.82, 2.24) is 0 Å². The second-order valence-electron chi connectivity index (χ2n) is 2.84. The van der Waals surface area contributed by atoms with Gasteiger partial charge in [0.05, 0.1) is 0 Å². The second-order valence-corrected chi connectivity index (χ2v) is 2.84. The first-order valence-electron chi connectivity index (χ1n) is 4.44. The summed E-state index contributed by atoms with van der Waals surface area (Å²) in [6.07, 6.45) is 1.76. The second kappa shape index (κ2) is 5.47. The van der Waals surface area contributed by atoms with Gasteiger partial charge in [-0.05, 0) is 6.07 Å². The first kappa shape index (κ1) is 10.8. The molecule has 0 aromatic heterocycles. The summed E-state index contributed by atoms with van der Waals surface area (Å²) >= 11 is 0. The topological polar surface area (TPSA) is 41.5 Å². The summed E-state index contributed by atoms with van der Waals surface area (Å²) in [7, 11) is 0.582. The van der Waals surface area contributed by atoms with Crippen LogP contribution < -0.4 is 10.8 Å². The SMILES string of the molecule is C=CCNc1ccccc1B(O)OC. The van der Waals surface area contributed by atoms with E-state index in [0.717, 1.165) is 11.2 Å². The van der Waals surface area contributed by atoms with Gasteiger partial charge in [0, 0.05) is 24.8 Å². The van der Waals surface area contributed by atoms with Crippen LogP contribution in [-0.2, 0) is 4.65 Å². The first-order valence-corrected chi connectivity index (χ1v) is 4.44. The minimum absolute atomic E-state index is 0.660. The molecule has 0 fully saturated rings. The van der Waals surface area contributed by atoms with Crippen LogP contribution in [-0.4, -0.2) is 25.8 Å². The Morgan fingerprint density at radius 2 is 2.29 bits per heavy atom. The lowest BCUT2D eigenvalue weighted by Crippen LogP contribution is -2.34. The van der Waals surface area contributed by atoms with Crippen LogP contribution in [0, 0.1) is 0 Å². The molecule has 1 rings (SSSR count). The van der Waals surface area contributed by atoms with Crippen LogP contribution in [0.1, 0.15) is 0 Å². The maximum absolute atomic E-state index is 9.52. The standard InChI is InChI=1S/C10H14BNO2/c1-3-8-12-10-7-5-4-6-9(10)11(13)14-2/h3-7,12-13H,1,8H2,2H3. The number of hydrogen-bond acceptors (Lipinski definition) is 3. The lowest BCUT2D eigenvalue weighted by molar-refractivity contribution is 0.342. The Kier molecular flexibility index (Phi) is 4.23. The predicted octanol–water partition coefficient (Wildman–Crippen LogP) is 0.618. The van der Waals surface area contributed by atoms with E-state index in [2.05, 4.69) is 11.9 Å². The highest BCUT2D eigenvalue weighted by molar-refractivity contribution is 6.61. The van der Waals surface area contributed by atoms with E-state index >= 15 is 0 Å². The molecule has 0 unspecified atom stereocenters. The largest absolute Gasteiger partial charge is 0.493 e. The van der Waals surface area contributed by atoms with E-state index in [1.165, 1.54) is 7.11 Å². The maximum Gasteiger partial charge on any atom is 0.493 e. The summed E-state index contributed by atoms with van der Waals surface area (Å²) in [6, 6.07) is 7.47. The molecule has 2 N–H and O–H groups in total. The van der Waals surface area contributed by atoms with Gasteiger partial charge in [-0.25, -0.2) is 0 Å². The fourth-order valence-electron chi connectivity index (χ4n) is 1.18. The molecule has 0 aliphatic heterocycles. The van der Waals surface area contributed by atoms with Crippen molar-refractivity contribution in [2.75, 3.05) is 19.0 Å². The fraction of sp³-hybridized carbons (Fsp3) is 0.200. The third kappa shape index (κ3) is 2.62. The number of nitrogens with one attached hydrogen (secondary N) is 1. The molecular formula is C10H14BNO2. The summed E-state index contributed by atoms with van der Waals surface area (Å²) in [5.41, 5.74) is 1.60. The van der Waals surface area contributed by atoms with E-state index in [4.69, 9.17) is 4.65 Å². The molecule has 4 heteroatoms. The highest BCUT2D eigenvalue weighted by atomic mass is 16.5. The van der Waals surface area contributed by atoms with Gasteiger partial charge in [0.1, 0.15) is 0 Å². The summed E-state index contributed by atoms with van der Waals surface area (Å²) in [4.78, 5) is 0. The minimum atomic E-state index is -0.886. The molecule has 0 aliphatic carbocycles. The van der Waals surface area contributed by atoms with E-state index in [0.29, 0.717) is 6.54 Å². The third-order valence-electron chi connectivity index (χ3n) is 1.89. The lowest BCUT2D eigenvalue weighted by Gasteiger charge is -2.11. The number of benzene rings is 1. The van der Waals surface area contributed by atoms with E-state index in [-0.39, 0.29) is 0 Å². The number of para-hydroxylation sites is 1. The van der Waals surface area contributed by atoms with Gasteiger partial charge in [-0.15, -0.1) is 6.58 Å². The van der Waals surface area contributed by atoms with Gasteiger partial charge in [-0.2, -0.15) is 0 Å². The van der Waals surface area contributed by atoms with Gasteiger partial charge in [0.25, 0.3) is 0 Å². The molecule has 3 nitrogen and oxygen atoms in total. The van der Waals surface area contributed by atoms with Gasteiger partial charge in [-0.1, -0.05) is 24.3 Å². The Balaban J connectivity index is 2.84. The zero-order valence-electron chi connectivity index (χ0n) is 8.23. The van der Waals surface area contributed by atoms with Crippen LogP contribution in [0.5, 0.6) is 0 Å². The smallest absolute Gasteiger partial charge is 0.423 e. The highest BCUT2D eigenvalue weighted by Gasteiger charge is 2.17. The first-order chi connectivity index (χ1) is 6.79. The number of hydrogen-bond donors (Lipinski definition) is 2. The average molecular weight is 191 g/mol. The summed E-state index contributed by atoms with van der Waals surface area (Å²) in [5.74, 6) is 0. The fourth-order valence-corrected chi connectivity index (χ4v) is 1.18. The number of rotatable bonds is 5. The molecule has 0 amide bonds. The molecule has 0 bridgehead atoms. The van der Waals surface area contributed by atoms with Gasteiger partial charge in [0.2, 0.25) is 0 Å². The van der Waals surface area contributed by atoms with Crippen LogP contribution in [0.3, 0.4) is 0 Å². The van der Waals surface area contributed by atoms with E-state index < -0.39 is 7.12 Å². The van der Waals surface area contributed by atoms with Gasteiger partial charge in [-0.3, -0.25) is 0 Å². The Bertz CT molecular complexity index is 304.